The van der Waals surface area contributed by atoms with Crippen molar-refractivity contribution in [2.24, 2.45) is 0 Å². The lowest BCUT2D eigenvalue weighted by Gasteiger charge is -2.19. The van der Waals surface area contributed by atoms with Gasteiger partial charge in [0.1, 0.15) is 0 Å². The van der Waals surface area contributed by atoms with Gasteiger partial charge >= 0.3 is 0 Å². The van der Waals surface area contributed by atoms with E-state index in [9.17, 15) is 10.1 Å². The minimum Gasteiger partial charge on any atom is -0.385 e. The lowest BCUT2D eigenvalue weighted by atomic mass is 10.2. The van der Waals surface area contributed by atoms with E-state index < -0.39 is 0 Å². The van der Waals surface area contributed by atoms with Crippen molar-refractivity contribution in [1.29, 1.82) is 0 Å². The summed E-state index contributed by atoms with van der Waals surface area (Å²) in [7, 11) is 1.70. The Morgan fingerprint density at radius 1 is 1.53 bits per heavy atom. The molecule has 0 spiro atoms. The van der Waals surface area contributed by atoms with Gasteiger partial charge in [-0.05, 0) is 19.4 Å². The standard InChI is InChI=1S/C13H19N3O3/c1-3-14-10-6-11(8-12(7-10)16(17)18)15-5-4-13(9-15)19-2/h6-8,13-14H,3-5,9H2,1-2H3. The number of nitro benzene ring substituents is 1. The lowest BCUT2D eigenvalue weighted by Crippen LogP contribution is -2.22. The van der Waals surface area contributed by atoms with Crippen LogP contribution in [0.4, 0.5) is 17.1 Å². The maximum absolute atomic E-state index is 11.0. The van der Waals surface area contributed by atoms with Crippen LogP contribution in [-0.2, 0) is 4.74 Å². The highest BCUT2D eigenvalue weighted by atomic mass is 16.6. The molecule has 0 radical (unpaired) electrons. The van der Waals surface area contributed by atoms with E-state index in [0.29, 0.717) is 0 Å². The molecule has 6 nitrogen and oxygen atoms in total. The smallest absolute Gasteiger partial charge is 0.273 e. The van der Waals surface area contributed by atoms with Crippen molar-refractivity contribution in [3.05, 3.63) is 28.3 Å². The maximum Gasteiger partial charge on any atom is 0.273 e. The van der Waals surface area contributed by atoms with Gasteiger partial charge in [-0.2, -0.15) is 0 Å². The number of rotatable bonds is 5. The summed E-state index contributed by atoms with van der Waals surface area (Å²) in [4.78, 5) is 12.8. The Hall–Kier alpha value is -1.82. The Bertz CT molecular complexity index is 464. The van der Waals surface area contributed by atoms with Gasteiger partial charge in [0, 0.05) is 50.3 Å². The number of hydrogen-bond donors (Lipinski definition) is 1. The van der Waals surface area contributed by atoms with Crippen LogP contribution in [0.3, 0.4) is 0 Å². The quantitative estimate of drug-likeness (QED) is 0.653. The Morgan fingerprint density at radius 3 is 2.89 bits per heavy atom. The van der Waals surface area contributed by atoms with E-state index in [1.165, 1.54) is 0 Å². The molecule has 1 aromatic rings. The third-order valence-corrected chi connectivity index (χ3v) is 3.34. The monoisotopic (exact) mass is 265 g/mol. The molecule has 6 heteroatoms. The van der Waals surface area contributed by atoms with E-state index in [1.807, 2.05) is 13.0 Å². The topological polar surface area (TPSA) is 67.6 Å². The summed E-state index contributed by atoms with van der Waals surface area (Å²) in [6.45, 7) is 4.35. The lowest BCUT2D eigenvalue weighted by molar-refractivity contribution is -0.384. The molecule has 1 aromatic carbocycles. The molecule has 19 heavy (non-hydrogen) atoms. The van der Waals surface area contributed by atoms with Crippen molar-refractivity contribution < 1.29 is 9.66 Å². The fourth-order valence-corrected chi connectivity index (χ4v) is 2.34. The highest BCUT2D eigenvalue weighted by Crippen LogP contribution is 2.29. The van der Waals surface area contributed by atoms with Crippen molar-refractivity contribution in [2.45, 2.75) is 19.4 Å². The van der Waals surface area contributed by atoms with Gasteiger partial charge in [-0.15, -0.1) is 0 Å². The third-order valence-electron chi connectivity index (χ3n) is 3.34. The Labute approximate surface area is 112 Å². The Morgan fingerprint density at radius 2 is 2.32 bits per heavy atom. The summed E-state index contributed by atoms with van der Waals surface area (Å²) in [6.07, 6.45) is 1.16. The van der Waals surface area contributed by atoms with Crippen LogP contribution >= 0.6 is 0 Å². The molecular weight excluding hydrogens is 246 g/mol. The SMILES string of the molecule is CCNc1cc(N2CCC(OC)C2)cc([N+](=O)[O-])c1. The van der Waals surface area contributed by atoms with E-state index in [1.54, 1.807) is 19.2 Å². The molecule has 1 saturated heterocycles. The summed E-state index contributed by atoms with van der Waals surface area (Å²) in [5.74, 6) is 0. The Kier molecular flexibility index (Phi) is 4.21. The summed E-state index contributed by atoms with van der Waals surface area (Å²) in [5.41, 5.74) is 1.78. The van der Waals surface area contributed by atoms with Crippen molar-refractivity contribution in [2.75, 3.05) is 37.0 Å². The second-order valence-corrected chi connectivity index (χ2v) is 4.62. The summed E-state index contributed by atoms with van der Waals surface area (Å²) in [5, 5.41) is 14.1. The molecule has 1 unspecified atom stereocenters. The van der Waals surface area contributed by atoms with E-state index in [0.717, 1.165) is 37.4 Å². The number of nitrogens with one attached hydrogen (secondary N) is 1. The summed E-state index contributed by atoms with van der Waals surface area (Å²) >= 11 is 0. The molecule has 1 aliphatic heterocycles. The molecule has 1 heterocycles. The number of anilines is 2. The van der Waals surface area contributed by atoms with Gasteiger partial charge in [0.05, 0.1) is 11.0 Å². The molecular formula is C13H19N3O3. The van der Waals surface area contributed by atoms with Crippen LogP contribution in [0.2, 0.25) is 0 Å². The van der Waals surface area contributed by atoms with Crippen molar-refractivity contribution in [3.8, 4) is 0 Å². The predicted octanol–water partition coefficient (Wildman–Crippen LogP) is 2.25. The van der Waals surface area contributed by atoms with E-state index >= 15 is 0 Å². The van der Waals surface area contributed by atoms with Crippen LogP contribution in [0, 0.1) is 10.1 Å². The first kappa shape index (κ1) is 13.6. The molecule has 104 valence electrons. The zero-order valence-corrected chi connectivity index (χ0v) is 11.3. The molecule has 0 aliphatic carbocycles. The molecule has 0 saturated carbocycles. The molecule has 2 rings (SSSR count). The number of methoxy groups -OCH3 is 1. The summed E-state index contributed by atoms with van der Waals surface area (Å²) < 4.78 is 5.33. The molecule has 1 N–H and O–H groups in total. The minimum atomic E-state index is -0.353. The van der Waals surface area contributed by atoms with Crippen LogP contribution in [0.1, 0.15) is 13.3 Å². The number of hydrogen-bond acceptors (Lipinski definition) is 5. The number of non-ortho nitro benzene ring substituents is 1. The van der Waals surface area contributed by atoms with E-state index in [-0.39, 0.29) is 16.7 Å². The fraction of sp³-hybridized carbons (Fsp3) is 0.538. The van der Waals surface area contributed by atoms with E-state index in [2.05, 4.69) is 10.2 Å². The zero-order chi connectivity index (χ0) is 13.8. The van der Waals surface area contributed by atoms with Crippen LogP contribution in [0.5, 0.6) is 0 Å². The molecule has 0 aromatic heterocycles. The second kappa shape index (κ2) is 5.88. The number of nitrogens with zero attached hydrogens (tertiary/aromatic N) is 2. The van der Waals surface area contributed by atoms with Crippen LogP contribution in [0.15, 0.2) is 18.2 Å². The van der Waals surface area contributed by atoms with Gasteiger partial charge in [0.25, 0.3) is 5.69 Å². The average molecular weight is 265 g/mol. The molecule has 1 atom stereocenters. The number of ether oxygens (including phenoxy) is 1. The van der Waals surface area contributed by atoms with Gasteiger partial charge in [0.15, 0.2) is 0 Å². The van der Waals surface area contributed by atoms with Gasteiger partial charge < -0.3 is 15.0 Å². The average Bonchev–Trinajstić information content (AvgIpc) is 2.87. The second-order valence-electron chi connectivity index (χ2n) is 4.62. The van der Waals surface area contributed by atoms with Gasteiger partial charge in [-0.1, -0.05) is 0 Å². The predicted molar refractivity (Wildman–Crippen MR) is 74.9 cm³/mol. The third kappa shape index (κ3) is 3.14. The van der Waals surface area contributed by atoms with Crippen LogP contribution in [-0.4, -0.2) is 37.8 Å². The molecule has 1 aliphatic rings. The fourth-order valence-electron chi connectivity index (χ4n) is 2.34. The Balaban J connectivity index is 2.26. The van der Waals surface area contributed by atoms with Gasteiger partial charge in [-0.3, -0.25) is 10.1 Å². The normalized spacial score (nSPS) is 18.6. The molecule has 0 amide bonds. The van der Waals surface area contributed by atoms with Crippen molar-refractivity contribution >= 4 is 17.1 Å². The highest BCUT2D eigenvalue weighted by molar-refractivity contribution is 5.65. The highest BCUT2D eigenvalue weighted by Gasteiger charge is 2.24. The summed E-state index contributed by atoms with van der Waals surface area (Å²) in [6, 6.07) is 5.14. The van der Waals surface area contributed by atoms with Gasteiger partial charge in [-0.25, -0.2) is 0 Å². The van der Waals surface area contributed by atoms with Crippen molar-refractivity contribution in [3.63, 3.8) is 0 Å². The van der Waals surface area contributed by atoms with E-state index in [4.69, 9.17) is 4.74 Å². The molecule has 1 fully saturated rings. The first-order chi connectivity index (χ1) is 9.13. The van der Waals surface area contributed by atoms with Crippen LogP contribution < -0.4 is 10.2 Å². The number of benzene rings is 1. The zero-order valence-electron chi connectivity index (χ0n) is 11.3. The molecule has 0 bridgehead atoms. The van der Waals surface area contributed by atoms with Crippen LogP contribution in [0.25, 0.3) is 0 Å². The minimum absolute atomic E-state index is 0.120. The van der Waals surface area contributed by atoms with Gasteiger partial charge in [0.2, 0.25) is 0 Å². The maximum atomic E-state index is 11.0. The number of nitro groups is 1. The van der Waals surface area contributed by atoms with Crippen molar-refractivity contribution in [1.82, 2.24) is 0 Å². The first-order valence-electron chi connectivity index (χ1n) is 6.45. The largest absolute Gasteiger partial charge is 0.385 e. The first-order valence-corrected chi connectivity index (χ1v) is 6.45.